The van der Waals surface area contributed by atoms with E-state index in [1.165, 1.54) is 44.1 Å². The number of hydrogen-bond acceptors (Lipinski definition) is 2. The number of nitrogens with zero attached hydrogens (tertiary/aromatic N) is 1. The van der Waals surface area contributed by atoms with Gasteiger partial charge in [0.05, 0.1) is 0 Å². The van der Waals surface area contributed by atoms with E-state index in [-0.39, 0.29) is 0 Å². The van der Waals surface area contributed by atoms with Crippen LogP contribution in [0.15, 0.2) is 22.9 Å². The van der Waals surface area contributed by atoms with E-state index in [1.54, 1.807) is 0 Å². The second kappa shape index (κ2) is 8.01. The fourth-order valence-corrected chi connectivity index (χ4v) is 3.51. The maximum atomic E-state index is 4.29. The summed E-state index contributed by atoms with van der Waals surface area (Å²) in [5.41, 5.74) is 1.37. The maximum Gasteiger partial charge on any atom is 0.0410 e. The van der Waals surface area contributed by atoms with Crippen molar-refractivity contribution in [3.63, 3.8) is 0 Å². The quantitative estimate of drug-likeness (QED) is 0.815. The van der Waals surface area contributed by atoms with Gasteiger partial charge in [-0.05, 0) is 65.7 Å². The summed E-state index contributed by atoms with van der Waals surface area (Å²) in [6.45, 7) is 3.40. The SMILES string of the molecule is CCCNC1CCCCCC1Cc1cncc(Br)c1. The number of hydrogen-bond donors (Lipinski definition) is 1. The van der Waals surface area contributed by atoms with Crippen molar-refractivity contribution in [3.8, 4) is 0 Å². The highest BCUT2D eigenvalue weighted by atomic mass is 79.9. The lowest BCUT2D eigenvalue weighted by Gasteiger charge is -2.26. The normalized spacial score (nSPS) is 24.1. The Hall–Kier alpha value is -0.410. The van der Waals surface area contributed by atoms with E-state index in [0.29, 0.717) is 6.04 Å². The first-order valence-corrected chi connectivity index (χ1v) is 8.41. The van der Waals surface area contributed by atoms with Crippen molar-refractivity contribution >= 4 is 15.9 Å². The van der Waals surface area contributed by atoms with Gasteiger partial charge in [0.1, 0.15) is 0 Å². The molecule has 0 aliphatic heterocycles. The predicted molar refractivity (Wildman–Crippen MR) is 84.3 cm³/mol. The first-order chi connectivity index (χ1) is 9.29. The monoisotopic (exact) mass is 324 g/mol. The molecule has 1 N–H and O–H groups in total. The summed E-state index contributed by atoms with van der Waals surface area (Å²) in [6, 6.07) is 2.91. The van der Waals surface area contributed by atoms with E-state index < -0.39 is 0 Å². The molecule has 1 aliphatic rings. The molecular weight excluding hydrogens is 300 g/mol. The zero-order valence-electron chi connectivity index (χ0n) is 11.9. The molecule has 1 aliphatic carbocycles. The Bertz CT molecular complexity index is 381. The fraction of sp³-hybridized carbons (Fsp3) is 0.688. The largest absolute Gasteiger partial charge is 0.314 e. The van der Waals surface area contributed by atoms with Crippen molar-refractivity contribution in [1.82, 2.24) is 10.3 Å². The molecule has 0 bridgehead atoms. The average Bonchev–Trinajstić information content (AvgIpc) is 2.62. The summed E-state index contributed by atoms with van der Waals surface area (Å²) in [5, 5.41) is 3.76. The third kappa shape index (κ3) is 4.88. The molecule has 1 aromatic rings. The minimum atomic E-state index is 0.696. The van der Waals surface area contributed by atoms with Gasteiger partial charge < -0.3 is 5.32 Å². The lowest BCUT2D eigenvalue weighted by Crippen LogP contribution is -2.37. The van der Waals surface area contributed by atoms with E-state index in [0.717, 1.165) is 23.4 Å². The second-order valence-corrected chi connectivity index (χ2v) is 6.59. The molecule has 2 nitrogen and oxygen atoms in total. The van der Waals surface area contributed by atoms with E-state index in [2.05, 4.69) is 39.2 Å². The van der Waals surface area contributed by atoms with Crippen LogP contribution < -0.4 is 5.32 Å². The molecule has 2 atom stereocenters. The number of aromatic nitrogens is 1. The Labute approximate surface area is 125 Å². The third-order valence-corrected chi connectivity index (χ3v) is 4.51. The molecule has 1 aromatic heterocycles. The van der Waals surface area contributed by atoms with Gasteiger partial charge >= 0.3 is 0 Å². The fourth-order valence-electron chi connectivity index (χ4n) is 3.10. The van der Waals surface area contributed by atoms with Gasteiger partial charge in [-0.1, -0.05) is 26.2 Å². The Morgan fingerprint density at radius 3 is 2.89 bits per heavy atom. The van der Waals surface area contributed by atoms with Crippen LogP contribution >= 0.6 is 15.9 Å². The zero-order chi connectivity index (χ0) is 13.5. The average molecular weight is 325 g/mol. The molecule has 1 heterocycles. The maximum absolute atomic E-state index is 4.29. The number of nitrogens with one attached hydrogen (secondary N) is 1. The molecule has 0 amide bonds. The van der Waals surface area contributed by atoms with Gasteiger partial charge in [-0.2, -0.15) is 0 Å². The topological polar surface area (TPSA) is 24.9 Å². The second-order valence-electron chi connectivity index (χ2n) is 5.67. The van der Waals surface area contributed by atoms with Gasteiger partial charge in [0.2, 0.25) is 0 Å². The van der Waals surface area contributed by atoms with Gasteiger partial charge in [-0.25, -0.2) is 0 Å². The van der Waals surface area contributed by atoms with Gasteiger partial charge in [0.25, 0.3) is 0 Å². The lowest BCUT2D eigenvalue weighted by atomic mass is 9.89. The van der Waals surface area contributed by atoms with Crippen molar-refractivity contribution < 1.29 is 0 Å². The van der Waals surface area contributed by atoms with Crippen LogP contribution in [0.5, 0.6) is 0 Å². The van der Waals surface area contributed by atoms with Crippen LogP contribution in [0.1, 0.15) is 51.0 Å². The van der Waals surface area contributed by atoms with Gasteiger partial charge in [-0.3, -0.25) is 4.98 Å². The first-order valence-electron chi connectivity index (χ1n) is 7.62. The van der Waals surface area contributed by atoms with E-state index in [1.807, 2.05) is 12.4 Å². The number of rotatable bonds is 5. The predicted octanol–water partition coefficient (Wildman–Crippen LogP) is 4.34. The van der Waals surface area contributed by atoms with Gasteiger partial charge in [-0.15, -0.1) is 0 Å². The Morgan fingerprint density at radius 2 is 2.11 bits per heavy atom. The standard InChI is InChI=1S/C16H25BrN2/c1-2-8-19-16-7-5-3-4-6-14(16)9-13-10-15(17)12-18-11-13/h10-12,14,16,19H,2-9H2,1H3. The van der Waals surface area contributed by atoms with E-state index in [4.69, 9.17) is 0 Å². The minimum absolute atomic E-state index is 0.696. The van der Waals surface area contributed by atoms with Crippen molar-refractivity contribution in [1.29, 1.82) is 0 Å². The summed E-state index contributed by atoms with van der Waals surface area (Å²) in [6.07, 6.45) is 13.1. The smallest absolute Gasteiger partial charge is 0.0410 e. The van der Waals surface area contributed by atoms with Crippen LogP contribution in [0.4, 0.5) is 0 Å². The molecule has 0 aromatic carbocycles. The third-order valence-electron chi connectivity index (χ3n) is 4.08. The minimum Gasteiger partial charge on any atom is -0.314 e. The summed E-state index contributed by atoms with van der Waals surface area (Å²) >= 11 is 3.52. The van der Waals surface area contributed by atoms with Crippen molar-refractivity contribution in [2.75, 3.05) is 6.54 Å². The molecule has 1 saturated carbocycles. The van der Waals surface area contributed by atoms with Crippen molar-refractivity contribution in [2.24, 2.45) is 5.92 Å². The molecule has 1 fully saturated rings. The Kier molecular flexibility index (Phi) is 6.32. The van der Waals surface area contributed by atoms with Crippen LogP contribution in [-0.4, -0.2) is 17.6 Å². The van der Waals surface area contributed by atoms with Crippen molar-refractivity contribution in [2.45, 2.75) is 57.9 Å². The van der Waals surface area contributed by atoms with E-state index >= 15 is 0 Å². The highest BCUT2D eigenvalue weighted by Crippen LogP contribution is 2.27. The Morgan fingerprint density at radius 1 is 1.26 bits per heavy atom. The molecule has 19 heavy (non-hydrogen) atoms. The lowest BCUT2D eigenvalue weighted by molar-refractivity contribution is 0.332. The molecular formula is C16H25BrN2. The van der Waals surface area contributed by atoms with Gasteiger partial charge in [0.15, 0.2) is 0 Å². The molecule has 3 heteroatoms. The summed E-state index contributed by atoms with van der Waals surface area (Å²) in [5.74, 6) is 0.769. The molecule has 2 rings (SSSR count). The zero-order valence-corrected chi connectivity index (χ0v) is 13.5. The Balaban J connectivity index is 2.00. The molecule has 106 valence electrons. The summed E-state index contributed by atoms with van der Waals surface area (Å²) < 4.78 is 1.09. The summed E-state index contributed by atoms with van der Waals surface area (Å²) in [4.78, 5) is 4.29. The molecule has 0 radical (unpaired) electrons. The molecule has 2 unspecified atom stereocenters. The van der Waals surface area contributed by atoms with Crippen molar-refractivity contribution in [3.05, 3.63) is 28.5 Å². The number of halogens is 1. The van der Waals surface area contributed by atoms with Crippen LogP contribution in [0, 0.1) is 5.92 Å². The number of pyridine rings is 1. The van der Waals surface area contributed by atoms with E-state index in [9.17, 15) is 0 Å². The van der Waals surface area contributed by atoms with Crippen LogP contribution in [0.25, 0.3) is 0 Å². The van der Waals surface area contributed by atoms with Crippen LogP contribution in [-0.2, 0) is 6.42 Å². The summed E-state index contributed by atoms with van der Waals surface area (Å²) in [7, 11) is 0. The highest BCUT2D eigenvalue weighted by molar-refractivity contribution is 9.10. The van der Waals surface area contributed by atoms with Gasteiger partial charge in [0, 0.05) is 22.9 Å². The molecule has 0 spiro atoms. The van der Waals surface area contributed by atoms with Crippen LogP contribution in [0.2, 0.25) is 0 Å². The molecule has 0 saturated heterocycles. The first kappa shape index (κ1) is 15.0. The van der Waals surface area contributed by atoms with Crippen LogP contribution in [0.3, 0.4) is 0 Å². The highest BCUT2D eigenvalue weighted by Gasteiger charge is 2.23.